The number of aryl methyl sites for hydroxylation is 1. The molecule has 0 bridgehead atoms. The number of hydrogen-bond donors (Lipinski definition) is 0. The summed E-state index contributed by atoms with van der Waals surface area (Å²) in [6, 6.07) is 3.76. The smallest absolute Gasteiger partial charge is 0.203 e. The first-order chi connectivity index (χ1) is 14.1. The average Bonchev–Trinajstić information content (AvgIpc) is 3.33. The Bertz CT molecular complexity index is 1200. The molecule has 0 saturated heterocycles. The van der Waals surface area contributed by atoms with Crippen LogP contribution in [0.2, 0.25) is 0 Å². The van der Waals surface area contributed by atoms with Gasteiger partial charge in [0, 0.05) is 10.4 Å². The van der Waals surface area contributed by atoms with E-state index >= 15 is 0 Å². The van der Waals surface area contributed by atoms with Gasteiger partial charge >= 0.3 is 0 Å². The van der Waals surface area contributed by atoms with Gasteiger partial charge in [-0.05, 0) is 42.9 Å². The van der Waals surface area contributed by atoms with Crippen molar-refractivity contribution in [1.29, 1.82) is 0 Å². The third-order valence-electron chi connectivity index (χ3n) is 5.62. The second-order valence-electron chi connectivity index (χ2n) is 7.41. The van der Waals surface area contributed by atoms with Gasteiger partial charge in [-0.1, -0.05) is 6.92 Å². The molecule has 0 fully saturated rings. The molecule has 0 unspecified atom stereocenters. The minimum absolute atomic E-state index is 0.550. The average molecular weight is 410 g/mol. The van der Waals surface area contributed by atoms with Gasteiger partial charge in [0.25, 0.3) is 0 Å². The largest absolute Gasteiger partial charge is 0.493 e. The zero-order chi connectivity index (χ0) is 20.1. The maximum absolute atomic E-state index is 5.50. The quantitative estimate of drug-likeness (QED) is 0.503. The van der Waals surface area contributed by atoms with E-state index in [1.54, 1.807) is 32.7 Å². The summed E-state index contributed by atoms with van der Waals surface area (Å²) < 4.78 is 18.4. The van der Waals surface area contributed by atoms with Gasteiger partial charge in [-0.3, -0.25) is 4.40 Å². The van der Waals surface area contributed by atoms with Gasteiger partial charge in [0.1, 0.15) is 11.2 Å². The van der Waals surface area contributed by atoms with Crippen molar-refractivity contribution in [3.05, 3.63) is 28.9 Å². The van der Waals surface area contributed by atoms with Crippen LogP contribution < -0.4 is 14.2 Å². The van der Waals surface area contributed by atoms with Gasteiger partial charge in [-0.25, -0.2) is 4.98 Å². The molecule has 0 amide bonds. The summed E-state index contributed by atoms with van der Waals surface area (Å²) in [5, 5.41) is 10.2. The summed E-state index contributed by atoms with van der Waals surface area (Å²) in [7, 11) is 4.80. The molecule has 5 rings (SSSR count). The van der Waals surface area contributed by atoms with Crippen molar-refractivity contribution in [2.45, 2.75) is 26.2 Å². The third kappa shape index (κ3) is 2.73. The molecule has 150 valence electrons. The summed E-state index contributed by atoms with van der Waals surface area (Å²) in [6.45, 7) is 2.31. The summed E-state index contributed by atoms with van der Waals surface area (Å²) in [6.07, 6.45) is 5.24. The van der Waals surface area contributed by atoms with Gasteiger partial charge in [-0.15, -0.1) is 21.5 Å². The minimum Gasteiger partial charge on any atom is -0.493 e. The van der Waals surface area contributed by atoms with Crippen LogP contribution in [0.4, 0.5) is 0 Å². The minimum atomic E-state index is 0.550. The number of thiophene rings is 1. The first kappa shape index (κ1) is 18.2. The fraction of sp³-hybridized carbons (Fsp3) is 0.381. The topological polar surface area (TPSA) is 70.8 Å². The van der Waals surface area contributed by atoms with Crippen LogP contribution in [-0.2, 0) is 12.8 Å². The highest BCUT2D eigenvalue weighted by molar-refractivity contribution is 7.19. The predicted molar refractivity (Wildman–Crippen MR) is 112 cm³/mol. The van der Waals surface area contributed by atoms with E-state index in [0.717, 1.165) is 34.3 Å². The molecule has 0 N–H and O–H groups in total. The molecule has 0 aliphatic heterocycles. The molecule has 0 spiro atoms. The number of methoxy groups -OCH3 is 3. The van der Waals surface area contributed by atoms with Crippen molar-refractivity contribution in [3.8, 4) is 28.6 Å². The molecule has 0 radical (unpaired) electrons. The van der Waals surface area contributed by atoms with E-state index in [-0.39, 0.29) is 0 Å². The maximum atomic E-state index is 5.50. The number of benzene rings is 1. The number of nitrogens with zero attached hydrogens (tertiary/aromatic N) is 4. The fourth-order valence-corrected chi connectivity index (χ4v) is 5.33. The van der Waals surface area contributed by atoms with Gasteiger partial charge in [0.15, 0.2) is 23.0 Å². The first-order valence-corrected chi connectivity index (χ1v) is 10.4. The number of ether oxygens (including phenoxy) is 3. The molecule has 7 nitrogen and oxygen atoms in total. The Balaban J connectivity index is 1.73. The summed E-state index contributed by atoms with van der Waals surface area (Å²) in [5.41, 5.74) is 3.07. The van der Waals surface area contributed by atoms with E-state index in [9.17, 15) is 0 Å². The van der Waals surface area contributed by atoms with E-state index in [1.165, 1.54) is 16.9 Å². The van der Waals surface area contributed by atoms with Crippen molar-refractivity contribution in [1.82, 2.24) is 19.6 Å². The zero-order valence-corrected chi connectivity index (χ0v) is 17.7. The molecule has 3 heterocycles. The maximum Gasteiger partial charge on any atom is 0.203 e. The second-order valence-corrected chi connectivity index (χ2v) is 8.49. The van der Waals surface area contributed by atoms with Crippen molar-refractivity contribution < 1.29 is 14.2 Å². The lowest BCUT2D eigenvalue weighted by Gasteiger charge is -2.17. The lowest BCUT2D eigenvalue weighted by atomic mass is 9.89. The SMILES string of the molecule is COc1cc(-c2nnc3c4c5c(sc4ncn23)CC[C@@H](C)C5)cc(OC)c1OC. The Kier molecular flexibility index (Phi) is 4.31. The number of rotatable bonds is 4. The van der Waals surface area contributed by atoms with Crippen LogP contribution in [0.25, 0.3) is 27.3 Å². The third-order valence-corrected chi connectivity index (χ3v) is 6.82. The Morgan fingerprint density at radius 2 is 1.83 bits per heavy atom. The number of hydrogen-bond acceptors (Lipinski definition) is 7. The Labute approximate surface area is 172 Å². The van der Waals surface area contributed by atoms with Gasteiger partial charge < -0.3 is 14.2 Å². The van der Waals surface area contributed by atoms with Gasteiger partial charge in [0.05, 0.1) is 26.7 Å². The van der Waals surface area contributed by atoms with Crippen molar-refractivity contribution >= 4 is 27.2 Å². The Morgan fingerprint density at radius 1 is 1.07 bits per heavy atom. The summed E-state index contributed by atoms with van der Waals surface area (Å²) in [4.78, 5) is 7.21. The molecule has 1 aliphatic rings. The molecular formula is C21H22N4O3S. The van der Waals surface area contributed by atoms with Gasteiger partial charge in [0.2, 0.25) is 5.75 Å². The van der Waals surface area contributed by atoms with Crippen LogP contribution in [0.15, 0.2) is 18.5 Å². The van der Waals surface area contributed by atoms with E-state index in [2.05, 4.69) is 17.1 Å². The Morgan fingerprint density at radius 3 is 2.52 bits per heavy atom. The van der Waals surface area contributed by atoms with Crippen LogP contribution in [0.3, 0.4) is 0 Å². The van der Waals surface area contributed by atoms with Crippen LogP contribution in [-0.4, -0.2) is 40.9 Å². The monoisotopic (exact) mass is 410 g/mol. The van der Waals surface area contributed by atoms with Crippen LogP contribution in [0, 0.1) is 5.92 Å². The lowest BCUT2D eigenvalue weighted by molar-refractivity contribution is 0.324. The zero-order valence-electron chi connectivity index (χ0n) is 16.9. The molecule has 1 aliphatic carbocycles. The van der Waals surface area contributed by atoms with E-state index in [0.29, 0.717) is 29.0 Å². The van der Waals surface area contributed by atoms with E-state index in [4.69, 9.17) is 19.2 Å². The standard InChI is InChI=1S/C21H22N4O3S/c1-11-5-6-16-13(7-11)17-20-24-23-19(25(20)10-22-21(17)29-16)12-8-14(26-2)18(28-4)15(9-12)27-3/h8-11H,5-7H2,1-4H3/t11-/m1/s1. The molecular weight excluding hydrogens is 388 g/mol. The molecule has 0 saturated carbocycles. The highest BCUT2D eigenvalue weighted by Gasteiger charge is 2.25. The molecule has 8 heteroatoms. The molecule has 3 aromatic heterocycles. The predicted octanol–water partition coefficient (Wildman–Crippen LogP) is 4.16. The fourth-order valence-electron chi connectivity index (χ4n) is 4.15. The summed E-state index contributed by atoms with van der Waals surface area (Å²) >= 11 is 1.79. The van der Waals surface area contributed by atoms with Gasteiger partial charge in [-0.2, -0.15) is 0 Å². The van der Waals surface area contributed by atoms with Crippen LogP contribution in [0.5, 0.6) is 17.2 Å². The van der Waals surface area contributed by atoms with E-state index in [1.807, 2.05) is 22.9 Å². The second kappa shape index (κ2) is 6.88. The lowest BCUT2D eigenvalue weighted by Crippen LogP contribution is -2.09. The molecule has 1 atom stereocenters. The van der Waals surface area contributed by atoms with Crippen LogP contribution >= 0.6 is 11.3 Å². The van der Waals surface area contributed by atoms with E-state index < -0.39 is 0 Å². The molecule has 1 aromatic carbocycles. The molecule has 4 aromatic rings. The molecule has 29 heavy (non-hydrogen) atoms. The summed E-state index contributed by atoms with van der Waals surface area (Å²) in [5.74, 6) is 3.08. The van der Waals surface area contributed by atoms with Crippen molar-refractivity contribution in [3.63, 3.8) is 0 Å². The van der Waals surface area contributed by atoms with Crippen molar-refractivity contribution in [2.24, 2.45) is 5.92 Å². The van der Waals surface area contributed by atoms with Crippen molar-refractivity contribution in [2.75, 3.05) is 21.3 Å². The van der Waals surface area contributed by atoms with Crippen LogP contribution in [0.1, 0.15) is 23.8 Å². The normalized spacial score (nSPS) is 16.2. The number of aromatic nitrogens is 4. The number of fused-ring (bicyclic) bond motifs is 5. The highest BCUT2D eigenvalue weighted by Crippen LogP contribution is 2.42. The first-order valence-electron chi connectivity index (χ1n) is 9.59. The highest BCUT2D eigenvalue weighted by atomic mass is 32.1. The Hall–Kier alpha value is -2.87.